The Balaban J connectivity index is 1.92. The molecule has 0 aliphatic heterocycles. The lowest BCUT2D eigenvalue weighted by Gasteiger charge is -2.08. The van der Waals surface area contributed by atoms with Crippen LogP contribution in [0, 0.1) is 25.2 Å². The minimum absolute atomic E-state index is 0.0504. The van der Waals surface area contributed by atoms with Crippen LogP contribution in [0.2, 0.25) is 0 Å². The molecule has 0 aliphatic carbocycles. The van der Waals surface area contributed by atoms with E-state index < -0.39 is 0 Å². The van der Waals surface area contributed by atoms with Crippen LogP contribution in [-0.4, -0.2) is 11.7 Å². The molecule has 0 saturated heterocycles. The first kappa shape index (κ1) is 15.1. The van der Waals surface area contributed by atoms with Crippen molar-refractivity contribution in [2.75, 3.05) is 11.1 Å². The first-order valence-corrected chi connectivity index (χ1v) is 7.57. The Labute approximate surface area is 129 Å². The fourth-order valence-electron chi connectivity index (χ4n) is 1.83. The van der Waals surface area contributed by atoms with Crippen LogP contribution >= 0.6 is 11.8 Å². The van der Waals surface area contributed by atoms with Crippen molar-refractivity contribution in [1.82, 2.24) is 0 Å². The predicted octanol–water partition coefficient (Wildman–Crippen LogP) is 3.91. The van der Waals surface area contributed by atoms with Gasteiger partial charge >= 0.3 is 0 Å². The van der Waals surface area contributed by atoms with Crippen molar-refractivity contribution in [2.24, 2.45) is 0 Å². The summed E-state index contributed by atoms with van der Waals surface area (Å²) < 4.78 is 0. The zero-order valence-corrected chi connectivity index (χ0v) is 12.8. The maximum Gasteiger partial charge on any atom is 0.234 e. The Hall–Kier alpha value is -2.25. The van der Waals surface area contributed by atoms with Crippen LogP contribution in [0.3, 0.4) is 0 Å². The highest BCUT2D eigenvalue weighted by atomic mass is 32.2. The zero-order chi connectivity index (χ0) is 15.2. The van der Waals surface area contributed by atoms with Gasteiger partial charge in [0.1, 0.15) is 0 Å². The summed E-state index contributed by atoms with van der Waals surface area (Å²) in [5, 5.41) is 11.6. The predicted molar refractivity (Wildman–Crippen MR) is 86.4 cm³/mol. The second kappa shape index (κ2) is 6.96. The minimum Gasteiger partial charge on any atom is -0.325 e. The summed E-state index contributed by atoms with van der Waals surface area (Å²) in [6, 6.07) is 15.1. The Kier molecular flexibility index (Phi) is 5.02. The van der Waals surface area contributed by atoms with Crippen LogP contribution in [0.25, 0.3) is 0 Å². The molecule has 0 unspecified atom stereocenters. The van der Waals surface area contributed by atoms with Gasteiger partial charge in [-0.1, -0.05) is 17.7 Å². The maximum absolute atomic E-state index is 11.9. The first-order chi connectivity index (χ1) is 10.1. The average molecular weight is 296 g/mol. The van der Waals surface area contributed by atoms with Crippen molar-refractivity contribution in [3.8, 4) is 6.07 Å². The van der Waals surface area contributed by atoms with Crippen LogP contribution < -0.4 is 5.32 Å². The summed E-state index contributed by atoms with van der Waals surface area (Å²) in [7, 11) is 0. The Morgan fingerprint density at radius 1 is 1.19 bits per heavy atom. The lowest BCUT2D eigenvalue weighted by molar-refractivity contribution is -0.113. The van der Waals surface area contributed by atoms with Gasteiger partial charge < -0.3 is 5.32 Å². The zero-order valence-electron chi connectivity index (χ0n) is 12.0. The molecule has 0 atom stereocenters. The van der Waals surface area contributed by atoms with Gasteiger partial charge in [0.15, 0.2) is 0 Å². The van der Waals surface area contributed by atoms with E-state index in [0.717, 1.165) is 4.90 Å². The van der Waals surface area contributed by atoms with E-state index in [0.29, 0.717) is 17.0 Å². The quantitative estimate of drug-likeness (QED) is 0.870. The number of amides is 1. The lowest BCUT2D eigenvalue weighted by atomic mass is 10.2. The van der Waals surface area contributed by atoms with Crippen molar-refractivity contribution >= 4 is 23.4 Å². The highest BCUT2D eigenvalue weighted by molar-refractivity contribution is 8.00. The van der Waals surface area contributed by atoms with Crippen molar-refractivity contribution in [3.63, 3.8) is 0 Å². The number of nitrogens with zero attached hydrogens (tertiary/aromatic N) is 1. The summed E-state index contributed by atoms with van der Waals surface area (Å²) in [6.45, 7) is 4.08. The number of thioether (sulfide) groups is 1. The number of nitriles is 1. The molecule has 21 heavy (non-hydrogen) atoms. The summed E-state index contributed by atoms with van der Waals surface area (Å²) in [6.07, 6.45) is 0. The van der Waals surface area contributed by atoms with Gasteiger partial charge in [-0.2, -0.15) is 5.26 Å². The molecule has 2 aromatic rings. The van der Waals surface area contributed by atoms with Gasteiger partial charge in [-0.15, -0.1) is 11.8 Å². The summed E-state index contributed by atoms with van der Waals surface area (Å²) in [5.74, 6) is 0.315. The van der Waals surface area contributed by atoms with Gasteiger partial charge in [0.05, 0.1) is 17.4 Å². The van der Waals surface area contributed by atoms with Crippen LogP contribution in [0.5, 0.6) is 0 Å². The van der Waals surface area contributed by atoms with E-state index in [1.807, 2.05) is 19.9 Å². The number of benzene rings is 2. The van der Waals surface area contributed by atoms with E-state index >= 15 is 0 Å². The smallest absolute Gasteiger partial charge is 0.234 e. The van der Waals surface area contributed by atoms with Gasteiger partial charge in [-0.25, -0.2) is 0 Å². The highest BCUT2D eigenvalue weighted by Crippen LogP contribution is 2.23. The van der Waals surface area contributed by atoms with E-state index in [1.165, 1.54) is 22.9 Å². The number of carbonyl (C=O) groups is 1. The normalized spacial score (nSPS) is 9.95. The molecule has 3 nitrogen and oxygen atoms in total. The van der Waals surface area contributed by atoms with Gasteiger partial charge in [0.25, 0.3) is 0 Å². The molecule has 0 bridgehead atoms. The van der Waals surface area contributed by atoms with Crippen molar-refractivity contribution in [1.29, 1.82) is 5.26 Å². The van der Waals surface area contributed by atoms with E-state index in [2.05, 4.69) is 23.5 Å². The number of hydrogen-bond acceptors (Lipinski definition) is 3. The SMILES string of the molecule is Cc1ccc(C)c(SCC(=O)Nc2ccc(C#N)cc2)c1. The van der Waals surface area contributed by atoms with E-state index in [4.69, 9.17) is 5.26 Å². The number of rotatable bonds is 4. The topological polar surface area (TPSA) is 52.9 Å². The van der Waals surface area contributed by atoms with Crippen molar-refractivity contribution < 1.29 is 4.79 Å². The van der Waals surface area contributed by atoms with Gasteiger partial charge in [-0.05, 0) is 49.7 Å². The second-order valence-electron chi connectivity index (χ2n) is 4.79. The molecule has 1 N–H and O–H groups in total. The molecule has 0 fully saturated rings. The van der Waals surface area contributed by atoms with Crippen LogP contribution in [0.15, 0.2) is 47.4 Å². The molecular weight excluding hydrogens is 280 g/mol. The Morgan fingerprint density at radius 3 is 2.57 bits per heavy atom. The number of nitrogens with one attached hydrogen (secondary N) is 1. The maximum atomic E-state index is 11.9. The first-order valence-electron chi connectivity index (χ1n) is 6.58. The van der Waals surface area contributed by atoms with Crippen LogP contribution in [0.4, 0.5) is 5.69 Å². The van der Waals surface area contributed by atoms with Crippen molar-refractivity contribution in [2.45, 2.75) is 18.7 Å². The molecule has 0 heterocycles. The van der Waals surface area contributed by atoms with E-state index in [9.17, 15) is 4.79 Å². The van der Waals surface area contributed by atoms with Gasteiger partial charge in [0.2, 0.25) is 5.91 Å². The summed E-state index contributed by atoms with van der Waals surface area (Å²) >= 11 is 1.53. The third-order valence-corrected chi connectivity index (χ3v) is 4.16. The Bertz CT molecular complexity index is 687. The minimum atomic E-state index is -0.0504. The lowest BCUT2D eigenvalue weighted by Crippen LogP contribution is -2.14. The van der Waals surface area contributed by atoms with Crippen molar-refractivity contribution in [3.05, 3.63) is 59.2 Å². The molecule has 0 spiro atoms. The standard InChI is InChI=1S/C17H16N2OS/c1-12-3-4-13(2)16(9-12)21-11-17(20)19-15-7-5-14(10-18)6-8-15/h3-9H,11H2,1-2H3,(H,19,20). The van der Waals surface area contributed by atoms with Crippen LogP contribution in [0.1, 0.15) is 16.7 Å². The number of anilines is 1. The fraction of sp³-hybridized carbons (Fsp3) is 0.176. The molecule has 0 saturated carbocycles. The number of carbonyl (C=O) groups excluding carboxylic acids is 1. The number of hydrogen-bond donors (Lipinski definition) is 1. The van der Waals surface area contributed by atoms with E-state index in [-0.39, 0.29) is 5.91 Å². The molecule has 1 amide bonds. The largest absolute Gasteiger partial charge is 0.325 e. The molecular formula is C17H16N2OS. The molecule has 4 heteroatoms. The van der Waals surface area contributed by atoms with Gasteiger partial charge in [0, 0.05) is 10.6 Å². The average Bonchev–Trinajstić information content (AvgIpc) is 2.49. The molecule has 2 aromatic carbocycles. The summed E-state index contributed by atoms with van der Waals surface area (Å²) in [5.41, 5.74) is 3.66. The molecule has 0 aromatic heterocycles. The third-order valence-electron chi connectivity index (χ3n) is 3.00. The molecule has 106 valence electrons. The second-order valence-corrected chi connectivity index (χ2v) is 5.81. The third kappa shape index (κ3) is 4.37. The highest BCUT2D eigenvalue weighted by Gasteiger charge is 2.06. The monoisotopic (exact) mass is 296 g/mol. The summed E-state index contributed by atoms with van der Waals surface area (Å²) in [4.78, 5) is 13.1. The van der Waals surface area contributed by atoms with E-state index in [1.54, 1.807) is 24.3 Å². The number of aryl methyl sites for hydroxylation is 2. The fourth-order valence-corrected chi connectivity index (χ4v) is 2.75. The molecule has 0 radical (unpaired) electrons. The van der Waals surface area contributed by atoms with Gasteiger partial charge in [-0.3, -0.25) is 4.79 Å². The molecule has 0 aliphatic rings. The Morgan fingerprint density at radius 2 is 1.90 bits per heavy atom. The molecule has 2 rings (SSSR count). The van der Waals surface area contributed by atoms with Crippen LogP contribution in [-0.2, 0) is 4.79 Å².